The Hall–Kier alpha value is -1.70. The molecule has 0 saturated carbocycles. The minimum absolute atomic E-state index is 0.0141. The Morgan fingerprint density at radius 2 is 2.10 bits per heavy atom. The third kappa shape index (κ3) is 4.27. The molecule has 0 bridgehead atoms. The molecule has 0 aliphatic heterocycles. The van der Waals surface area contributed by atoms with Gasteiger partial charge < -0.3 is 9.47 Å². The van der Waals surface area contributed by atoms with Gasteiger partial charge in [0.2, 0.25) is 0 Å². The van der Waals surface area contributed by atoms with E-state index in [4.69, 9.17) is 11.6 Å². The van der Waals surface area contributed by atoms with E-state index in [9.17, 15) is 13.4 Å². The van der Waals surface area contributed by atoms with E-state index in [0.29, 0.717) is 17.9 Å². The van der Waals surface area contributed by atoms with Crippen LogP contribution >= 0.6 is 11.6 Å². The highest BCUT2D eigenvalue weighted by Crippen LogP contribution is 2.36. The van der Waals surface area contributed by atoms with Crippen molar-refractivity contribution in [3.63, 3.8) is 0 Å². The predicted octanol–water partition coefficient (Wildman–Crippen LogP) is 4.52. The van der Waals surface area contributed by atoms with Gasteiger partial charge in [-0.2, -0.15) is 0 Å². The van der Waals surface area contributed by atoms with Crippen molar-refractivity contribution in [3.05, 3.63) is 52.1 Å². The van der Waals surface area contributed by atoms with Crippen LogP contribution in [0.2, 0.25) is 5.02 Å². The summed E-state index contributed by atoms with van der Waals surface area (Å²) in [6.07, 6.45) is 3.47. The predicted molar refractivity (Wildman–Crippen MR) is 116 cm³/mol. The summed E-state index contributed by atoms with van der Waals surface area (Å²) in [6.45, 7) is 8.09. The zero-order valence-corrected chi connectivity index (χ0v) is 19.0. The average molecular weight is 440 g/mol. The molecule has 1 aliphatic carbocycles. The third-order valence-corrected chi connectivity index (χ3v) is 7.06. The van der Waals surface area contributed by atoms with E-state index in [1.807, 2.05) is 45.5 Å². The number of anilines is 1. The number of benzene rings is 1. The molecule has 1 N–H and O–H groups in total. The lowest BCUT2D eigenvalue weighted by atomic mass is 10.1. The summed E-state index contributed by atoms with van der Waals surface area (Å²) in [5, 5.41) is -0.0141. The van der Waals surface area contributed by atoms with Gasteiger partial charge in [0, 0.05) is 31.5 Å². The maximum atomic E-state index is 13.5. The number of carbonyl (C=O) groups is 1. The number of amides is 1. The van der Waals surface area contributed by atoms with E-state index in [1.165, 1.54) is 12.1 Å². The molecule has 158 valence electrons. The number of halogens is 2. The van der Waals surface area contributed by atoms with Crippen molar-refractivity contribution in [2.45, 2.75) is 51.3 Å². The largest absolute Gasteiger partial charge is 0.346 e. The van der Waals surface area contributed by atoms with Crippen molar-refractivity contribution < 1.29 is 13.4 Å². The van der Waals surface area contributed by atoms with Gasteiger partial charge in [-0.15, -0.1) is 0 Å². The molecule has 1 aromatic carbocycles. The second-order valence-electron chi connectivity index (χ2n) is 8.26. The Kier molecular flexibility index (Phi) is 6.22. The van der Waals surface area contributed by atoms with Crippen LogP contribution in [0.5, 0.6) is 0 Å². The maximum Gasteiger partial charge on any atom is 0.275 e. The molecule has 1 heterocycles. The quantitative estimate of drug-likeness (QED) is 0.744. The second kappa shape index (κ2) is 8.20. The molecule has 1 aliphatic rings. The second-order valence-corrected chi connectivity index (χ2v) is 10.7. The first-order valence-electron chi connectivity index (χ1n) is 9.67. The Labute approximate surface area is 178 Å². The number of fused-ring (bicyclic) bond motifs is 1. The molecule has 0 saturated heterocycles. The van der Waals surface area contributed by atoms with E-state index < -0.39 is 16.8 Å². The summed E-state index contributed by atoms with van der Waals surface area (Å²) in [4.78, 5) is 15.0. The van der Waals surface area contributed by atoms with Gasteiger partial charge >= 0.3 is 0 Å². The summed E-state index contributed by atoms with van der Waals surface area (Å²) >= 11 is 5.92. The number of aromatic nitrogens is 1. The van der Waals surface area contributed by atoms with Crippen molar-refractivity contribution in [3.8, 4) is 0 Å². The van der Waals surface area contributed by atoms with Crippen LogP contribution in [-0.2, 0) is 24.5 Å². The van der Waals surface area contributed by atoms with Crippen molar-refractivity contribution in [2.24, 2.45) is 7.05 Å². The fourth-order valence-electron chi connectivity index (χ4n) is 3.64. The number of hydrogen-bond acceptors (Lipinski definition) is 2. The van der Waals surface area contributed by atoms with Crippen LogP contribution in [-0.4, -0.2) is 26.0 Å². The molecule has 1 aromatic heterocycles. The molecule has 0 fully saturated rings. The molecular formula is C21H27ClFN3O2S. The van der Waals surface area contributed by atoms with E-state index >= 15 is 0 Å². The van der Waals surface area contributed by atoms with Gasteiger partial charge in [0.15, 0.2) is 0 Å². The van der Waals surface area contributed by atoms with E-state index in [0.717, 1.165) is 24.0 Å². The number of carbonyl (C=O) groups excluding carboxylic acids is 1. The lowest BCUT2D eigenvalue weighted by Crippen LogP contribution is -2.35. The fourth-order valence-corrected chi connectivity index (χ4v) is 4.67. The first kappa shape index (κ1) is 22.0. The number of rotatable bonds is 5. The first-order valence-corrected chi connectivity index (χ1v) is 11.2. The molecule has 29 heavy (non-hydrogen) atoms. The van der Waals surface area contributed by atoms with Crippen LogP contribution in [0.1, 0.15) is 61.8 Å². The first-order chi connectivity index (χ1) is 13.5. The summed E-state index contributed by atoms with van der Waals surface area (Å²) in [5.41, 5.74) is 3.16. The highest BCUT2D eigenvalue weighted by Gasteiger charge is 2.34. The molecule has 0 spiro atoms. The van der Waals surface area contributed by atoms with Gasteiger partial charge in [0.25, 0.3) is 5.91 Å². The zero-order valence-electron chi connectivity index (χ0n) is 17.4. The lowest BCUT2D eigenvalue weighted by molar-refractivity contribution is 0.0979. The van der Waals surface area contributed by atoms with Crippen LogP contribution in [0.4, 0.5) is 10.1 Å². The normalized spacial score (nSPS) is 17.3. The topological polar surface area (TPSA) is 54.3 Å². The number of nitrogens with one attached hydrogen (secondary N) is 1. The van der Waals surface area contributed by atoms with Crippen molar-refractivity contribution >= 4 is 34.2 Å². The monoisotopic (exact) mass is 439 g/mol. The highest BCUT2D eigenvalue weighted by molar-refractivity contribution is 7.84. The van der Waals surface area contributed by atoms with Crippen molar-refractivity contribution in [1.29, 1.82) is 0 Å². The molecule has 5 nitrogen and oxygen atoms in total. The van der Waals surface area contributed by atoms with Gasteiger partial charge in [-0.3, -0.25) is 4.79 Å². The third-order valence-electron chi connectivity index (χ3n) is 5.16. The minimum Gasteiger partial charge on any atom is -0.346 e. The number of hydrogen-bond donors (Lipinski definition) is 1. The number of aryl methyl sites for hydroxylation is 1. The van der Waals surface area contributed by atoms with E-state index in [1.54, 1.807) is 11.0 Å². The van der Waals surface area contributed by atoms with E-state index in [2.05, 4.69) is 4.72 Å². The summed E-state index contributed by atoms with van der Waals surface area (Å²) in [5.74, 6) is -0.670. The summed E-state index contributed by atoms with van der Waals surface area (Å²) in [7, 11) is 0.650. The Morgan fingerprint density at radius 1 is 1.41 bits per heavy atom. The van der Waals surface area contributed by atoms with Crippen LogP contribution in [0.15, 0.2) is 24.4 Å². The van der Waals surface area contributed by atoms with Gasteiger partial charge in [0.1, 0.15) is 11.5 Å². The van der Waals surface area contributed by atoms with Crippen molar-refractivity contribution in [2.75, 3.05) is 11.4 Å². The highest BCUT2D eigenvalue weighted by atomic mass is 35.5. The van der Waals surface area contributed by atoms with Crippen LogP contribution in [0, 0.1) is 5.82 Å². The molecule has 2 atom stereocenters. The van der Waals surface area contributed by atoms with E-state index in [-0.39, 0.29) is 21.7 Å². The molecule has 8 heteroatoms. The molecule has 2 aromatic rings. The Morgan fingerprint density at radius 3 is 2.69 bits per heavy atom. The van der Waals surface area contributed by atoms with Crippen LogP contribution in [0.25, 0.3) is 0 Å². The van der Waals surface area contributed by atoms with Crippen molar-refractivity contribution in [1.82, 2.24) is 9.29 Å². The lowest BCUT2D eigenvalue weighted by Gasteiger charge is -2.22. The molecular weight excluding hydrogens is 413 g/mol. The van der Waals surface area contributed by atoms with Crippen LogP contribution in [0.3, 0.4) is 0 Å². The zero-order chi connectivity index (χ0) is 21.5. The van der Waals surface area contributed by atoms with Gasteiger partial charge in [-0.05, 0) is 69.9 Å². The average Bonchev–Trinajstić information content (AvgIpc) is 3.16. The molecule has 0 radical (unpaired) electrons. The van der Waals surface area contributed by atoms with Crippen LogP contribution < -0.4 is 9.62 Å². The van der Waals surface area contributed by atoms with Gasteiger partial charge in [-0.25, -0.2) is 13.3 Å². The maximum absolute atomic E-state index is 13.5. The SMILES string of the molecule is CCN(C(=O)c1c2c(cn1C)C(NS(=O)C(C)(C)C)CC2)c1ccc(F)c(Cl)c1. The number of nitrogens with zero attached hydrogens (tertiary/aromatic N) is 2. The summed E-state index contributed by atoms with van der Waals surface area (Å²) in [6, 6.07) is 4.25. The molecule has 3 rings (SSSR count). The Bertz CT molecular complexity index is 968. The Balaban J connectivity index is 1.92. The molecule has 1 amide bonds. The molecule has 2 unspecified atom stereocenters. The van der Waals surface area contributed by atoms with Gasteiger partial charge in [0.05, 0.1) is 20.8 Å². The van der Waals surface area contributed by atoms with Gasteiger partial charge in [-0.1, -0.05) is 11.6 Å². The standard InChI is InChI=1S/C21H27ClFN3O2S/c1-6-26(13-7-9-17(23)16(22)11-13)20(27)19-14-8-10-18(15(14)12-25(19)5)24-29(28)21(2,3)4/h7,9,11-12,18,24H,6,8,10H2,1-5H3. The smallest absolute Gasteiger partial charge is 0.275 e. The fraction of sp³-hybridized carbons (Fsp3) is 0.476. The minimum atomic E-state index is -1.19. The summed E-state index contributed by atoms with van der Waals surface area (Å²) < 4.78 is 30.8.